The molecule has 0 saturated carbocycles. The summed E-state index contributed by atoms with van der Waals surface area (Å²) in [6.07, 6.45) is 6.59. The Kier molecular flexibility index (Phi) is 3.37. The van der Waals surface area contributed by atoms with Gasteiger partial charge < -0.3 is 4.90 Å². The minimum absolute atomic E-state index is 0.617. The molecule has 0 spiro atoms. The average molecular weight is 297 g/mol. The molecule has 5 nitrogen and oxygen atoms in total. The van der Waals surface area contributed by atoms with Gasteiger partial charge in [0, 0.05) is 56.2 Å². The van der Waals surface area contributed by atoms with Gasteiger partial charge in [-0.3, -0.25) is 9.58 Å². The van der Waals surface area contributed by atoms with Crippen molar-refractivity contribution < 1.29 is 0 Å². The molecule has 2 saturated heterocycles. The molecule has 2 aliphatic heterocycles. The zero-order valence-corrected chi connectivity index (χ0v) is 13.3. The molecule has 0 aliphatic carbocycles. The van der Waals surface area contributed by atoms with Crippen molar-refractivity contribution in [3.8, 4) is 0 Å². The third kappa shape index (κ3) is 2.39. The topological polar surface area (TPSA) is 37.2 Å². The smallest absolute Gasteiger partial charge is 0.129 e. The number of nitrogens with zero attached hydrogens (tertiary/aromatic N) is 5. The Balaban J connectivity index is 1.49. The van der Waals surface area contributed by atoms with E-state index >= 15 is 0 Å². The standard InChI is InChI=1S/C17H23N5/c1-13-4-3-5-17(19-13)22-9-7-15-16(22)6-8-21(15)12-14-10-18-20(2)11-14/h3-5,10-11,15-16H,6-9,12H2,1-2H3/t15-,16-/m0/s1. The third-order valence-electron chi connectivity index (χ3n) is 5.00. The molecule has 4 heterocycles. The average Bonchev–Trinajstić information content (AvgIpc) is 3.17. The maximum absolute atomic E-state index is 4.72. The van der Waals surface area contributed by atoms with E-state index in [1.54, 1.807) is 0 Å². The Morgan fingerprint density at radius 3 is 2.82 bits per heavy atom. The highest BCUT2D eigenvalue weighted by molar-refractivity contribution is 5.43. The zero-order valence-electron chi connectivity index (χ0n) is 13.3. The first-order valence-electron chi connectivity index (χ1n) is 8.12. The van der Waals surface area contributed by atoms with E-state index in [1.165, 1.54) is 24.9 Å². The van der Waals surface area contributed by atoms with Gasteiger partial charge in [-0.05, 0) is 31.9 Å². The van der Waals surface area contributed by atoms with E-state index in [-0.39, 0.29) is 0 Å². The SMILES string of the molecule is Cc1cccc(N2CC[C@H]3[C@@H]2CCN3Cc2cnn(C)c2)n1. The van der Waals surface area contributed by atoms with Crippen LogP contribution in [0.2, 0.25) is 0 Å². The molecule has 0 bridgehead atoms. The van der Waals surface area contributed by atoms with E-state index in [4.69, 9.17) is 4.98 Å². The van der Waals surface area contributed by atoms with Crippen LogP contribution in [0.15, 0.2) is 30.6 Å². The number of pyridine rings is 1. The molecule has 0 radical (unpaired) electrons. The number of rotatable bonds is 3. The molecule has 116 valence electrons. The number of anilines is 1. The van der Waals surface area contributed by atoms with Crippen molar-refractivity contribution in [2.24, 2.45) is 7.05 Å². The van der Waals surface area contributed by atoms with Crippen LogP contribution in [-0.2, 0) is 13.6 Å². The molecule has 0 N–H and O–H groups in total. The van der Waals surface area contributed by atoms with Crippen LogP contribution >= 0.6 is 0 Å². The van der Waals surface area contributed by atoms with Crippen molar-refractivity contribution >= 4 is 5.82 Å². The van der Waals surface area contributed by atoms with Crippen LogP contribution < -0.4 is 4.90 Å². The molecule has 0 amide bonds. The van der Waals surface area contributed by atoms with Gasteiger partial charge in [-0.1, -0.05) is 6.07 Å². The number of hydrogen-bond donors (Lipinski definition) is 0. The summed E-state index contributed by atoms with van der Waals surface area (Å²) in [6, 6.07) is 7.61. The predicted molar refractivity (Wildman–Crippen MR) is 86.7 cm³/mol. The highest BCUT2D eigenvalue weighted by atomic mass is 15.3. The maximum atomic E-state index is 4.72. The summed E-state index contributed by atoms with van der Waals surface area (Å²) in [5, 5.41) is 4.29. The number of hydrogen-bond acceptors (Lipinski definition) is 4. The molecule has 0 unspecified atom stereocenters. The van der Waals surface area contributed by atoms with Crippen LogP contribution in [0.5, 0.6) is 0 Å². The maximum Gasteiger partial charge on any atom is 0.129 e. The van der Waals surface area contributed by atoms with E-state index in [1.807, 2.05) is 17.9 Å². The molecule has 2 aromatic rings. The van der Waals surface area contributed by atoms with Gasteiger partial charge in [0.05, 0.1) is 6.20 Å². The lowest BCUT2D eigenvalue weighted by Gasteiger charge is -2.26. The Hall–Kier alpha value is -1.88. The van der Waals surface area contributed by atoms with Crippen LogP contribution in [0, 0.1) is 6.92 Å². The first-order chi connectivity index (χ1) is 10.7. The van der Waals surface area contributed by atoms with Crippen molar-refractivity contribution in [2.75, 3.05) is 18.0 Å². The largest absolute Gasteiger partial charge is 0.352 e. The van der Waals surface area contributed by atoms with Crippen LogP contribution in [0.4, 0.5) is 5.82 Å². The first kappa shape index (κ1) is 13.8. The summed E-state index contributed by atoms with van der Waals surface area (Å²) >= 11 is 0. The Morgan fingerprint density at radius 2 is 2.05 bits per heavy atom. The fraction of sp³-hybridized carbons (Fsp3) is 0.529. The van der Waals surface area contributed by atoms with Crippen molar-refractivity contribution in [2.45, 2.75) is 38.4 Å². The summed E-state index contributed by atoms with van der Waals surface area (Å²) < 4.78 is 1.89. The predicted octanol–water partition coefficient (Wildman–Crippen LogP) is 1.98. The first-order valence-corrected chi connectivity index (χ1v) is 8.12. The quantitative estimate of drug-likeness (QED) is 0.868. The number of aromatic nitrogens is 3. The van der Waals surface area contributed by atoms with Gasteiger partial charge >= 0.3 is 0 Å². The van der Waals surface area contributed by atoms with E-state index < -0.39 is 0 Å². The lowest BCUT2D eigenvalue weighted by atomic mass is 10.1. The van der Waals surface area contributed by atoms with Crippen molar-refractivity contribution in [3.05, 3.63) is 41.9 Å². The van der Waals surface area contributed by atoms with Gasteiger partial charge in [0.1, 0.15) is 5.82 Å². The van der Waals surface area contributed by atoms with Gasteiger partial charge in [-0.15, -0.1) is 0 Å². The summed E-state index contributed by atoms with van der Waals surface area (Å²) in [6.45, 7) is 5.38. The number of fused-ring (bicyclic) bond motifs is 1. The van der Waals surface area contributed by atoms with E-state index in [0.717, 1.165) is 24.6 Å². The minimum atomic E-state index is 0.617. The van der Waals surface area contributed by atoms with Crippen LogP contribution in [0.3, 0.4) is 0 Å². The Labute approximate surface area is 131 Å². The summed E-state index contributed by atoms with van der Waals surface area (Å²) in [4.78, 5) is 9.86. The summed E-state index contributed by atoms with van der Waals surface area (Å²) in [7, 11) is 1.98. The Bertz CT molecular complexity index is 665. The molecule has 0 aromatic carbocycles. The van der Waals surface area contributed by atoms with Gasteiger partial charge in [0.2, 0.25) is 0 Å². The number of likely N-dealkylation sites (tertiary alicyclic amines) is 1. The molecule has 4 rings (SSSR count). The molecule has 22 heavy (non-hydrogen) atoms. The zero-order chi connectivity index (χ0) is 15.1. The Morgan fingerprint density at radius 1 is 1.18 bits per heavy atom. The summed E-state index contributed by atoms with van der Waals surface area (Å²) in [5.41, 5.74) is 2.42. The van der Waals surface area contributed by atoms with Crippen LogP contribution in [0.25, 0.3) is 0 Å². The van der Waals surface area contributed by atoms with E-state index in [2.05, 4.69) is 46.2 Å². The second-order valence-corrected chi connectivity index (χ2v) is 6.54. The lowest BCUT2D eigenvalue weighted by molar-refractivity contribution is 0.246. The van der Waals surface area contributed by atoms with Crippen LogP contribution in [0.1, 0.15) is 24.1 Å². The van der Waals surface area contributed by atoms with E-state index in [0.29, 0.717) is 12.1 Å². The van der Waals surface area contributed by atoms with Gasteiger partial charge in [-0.25, -0.2) is 4.98 Å². The molecule has 2 aromatic heterocycles. The molecule has 2 atom stereocenters. The summed E-state index contributed by atoms with van der Waals surface area (Å²) in [5.74, 6) is 1.15. The molecular weight excluding hydrogens is 274 g/mol. The highest BCUT2D eigenvalue weighted by Crippen LogP contribution is 2.35. The van der Waals surface area contributed by atoms with E-state index in [9.17, 15) is 0 Å². The highest BCUT2D eigenvalue weighted by Gasteiger charge is 2.42. The molecular formula is C17H23N5. The van der Waals surface area contributed by atoms with Gasteiger partial charge in [-0.2, -0.15) is 5.10 Å². The molecule has 2 aliphatic rings. The minimum Gasteiger partial charge on any atom is -0.352 e. The number of aryl methyl sites for hydroxylation is 2. The van der Waals surface area contributed by atoms with Gasteiger partial charge in [0.15, 0.2) is 0 Å². The fourth-order valence-corrected chi connectivity index (χ4v) is 4.03. The van der Waals surface area contributed by atoms with Gasteiger partial charge in [0.25, 0.3) is 0 Å². The lowest BCUT2D eigenvalue weighted by Crippen LogP contribution is -2.36. The fourth-order valence-electron chi connectivity index (χ4n) is 4.03. The van der Waals surface area contributed by atoms with Crippen molar-refractivity contribution in [1.29, 1.82) is 0 Å². The van der Waals surface area contributed by atoms with Crippen LogP contribution in [-0.4, -0.2) is 44.8 Å². The second kappa shape index (κ2) is 5.39. The second-order valence-electron chi connectivity index (χ2n) is 6.54. The molecule has 5 heteroatoms. The molecule has 2 fully saturated rings. The third-order valence-corrected chi connectivity index (χ3v) is 5.00. The monoisotopic (exact) mass is 297 g/mol. The van der Waals surface area contributed by atoms with Crippen molar-refractivity contribution in [3.63, 3.8) is 0 Å². The van der Waals surface area contributed by atoms with Crippen molar-refractivity contribution in [1.82, 2.24) is 19.7 Å². The normalized spacial score (nSPS) is 24.9.